The van der Waals surface area contributed by atoms with Crippen molar-refractivity contribution < 1.29 is 0 Å². The Balaban J connectivity index is 2.19. The van der Waals surface area contributed by atoms with Crippen LogP contribution in [0, 0.1) is 0 Å². The monoisotopic (exact) mass is 234 g/mol. The number of hydrogen-bond acceptors (Lipinski definition) is 2. The second-order valence-electron chi connectivity index (χ2n) is 4.89. The molecule has 96 valence electrons. The third-order valence-corrected chi connectivity index (χ3v) is 3.04. The van der Waals surface area contributed by atoms with Gasteiger partial charge in [-0.3, -0.25) is 0 Å². The van der Waals surface area contributed by atoms with Crippen molar-refractivity contribution in [2.75, 3.05) is 19.6 Å². The second-order valence-corrected chi connectivity index (χ2v) is 4.89. The first-order valence-electron chi connectivity index (χ1n) is 6.73. The fourth-order valence-electron chi connectivity index (χ4n) is 1.82. The third-order valence-electron chi connectivity index (χ3n) is 3.04. The van der Waals surface area contributed by atoms with Crippen molar-refractivity contribution in [1.29, 1.82) is 0 Å². The van der Waals surface area contributed by atoms with Crippen LogP contribution in [0.25, 0.3) is 0 Å². The standard InChI is InChI=1S/C15H26N2/c1-13(2)15-7-5-14(6-8-15)9-12-17-11-4-3-10-16/h5-8,13,17H,3-4,9-12,16H2,1-2H3. The van der Waals surface area contributed by atoms with Crippen molar-refractivity contribution in [3.05, 3.63) is 35.4 Å². The summed E-state index contributed by atoms with van der Waals surface area (Å²) in [5, 5.41) is 3.45. The lowest BCUT2D eigenvalue weighted by molar-refractivity contribution is 0.627. The smallest absolute Gasteiger partial charge is 0.000835 e. The maximum absolute atomic E-state index is 5.45. The fourth-order valence-corrected chi connectivity index (χ4v) is 1.82. The summed E-state index contributed by atoms with van der Waals surface area (Å²) < 4.78 is 0. The third kappa shape index (κ3) is 5.85. The molecule has 17 heavy (non-hydrogen) atoms. The highest BCUT2D eigenvalue weighted by molar-refractivity contribution is 5.24. The van der Waals surface area contributed by atoms with E-state index in [4.69, 9.17) is 5.73 Å². The first-order chi connectivity index (χ1) is 8.24. The molecular weight excluding hydrogens is 208 g/mol. The van der Waals surface area contributed by atoms with Crippen LogP contribution in [0.15, 0.2) is 24.3 Å². The van der Waals surface area contributed by atoms with Gasteiger partial charge in [-0.15, -0.1) is 0 Å². The lowest BCUT2D eigenvalue weighted by Crippen LogP contribution is -2.19. The van der Waals surface area contributed by atoms with Crippen molar-refractivity contribution in [2.24, 2.45) is 5.73 Å². The zero-order chi connectivity index (χ0) is 12.5. The summed E-state index contributed by atoms with van der Waals surface area (Å²) in [5.41, 5.74) is 8.28. The summed E-state index contributed by atoms with van der Waals surface area (Å²) in [6.45, 7) is 7.41. The van der Waals surface area contributed by atoms with Crippen molar-refractivity contribution in [2.45, 2.75) is 39.0 Å². The molecule has 1 aromatic carbocycles. The zero-order valence-electron chi connectivity index (χ0n) is 11.2. The molecule has 0 heterocycles. The summed E-state index contributed by atoms with van der Waals surface area (Å²) in [4.78, 5) is 0. The number of hydrogen-bond donors (Lipinski definition) is 2. The number of benzene rings is 1. The van der Waals surface area contributed by atoms with Crippen molar-refractivity contribution in [3.8, 4) is 0 Å². The number of nitrogens with two attached hydrogens (primary N) is 1. The molecule has 3 N–H and O–H groups in total. The van der Waals surface area contributed by atoms with E-state index in [1.54, 1.807) is 0 Å². The average molecular weight is 234 g/mol. The molecule has 1 rings (SSSR count). The maximum Gasteiger partial charge on any atom is -0.000835 e. The van der Waals surface area contributed by atoms with Gasteiger partial charge in [-0.1, -0.05) is 38.1 Å². The number of rotatable bonds is 8. The Morgan fingerprint density at radius 2 is 1.76 bits per heavy atom. The van der Waals surface area contributed by atoms with Crippen molar-refractivity contribution in [3.63, 3.8) is 0 Å². The topological polar surface area (TPSA) is 38.0 Å². The average Bonchev–Trinajstić information content (AvgIpc) is 2.34. The fraction of sp³-hybridized carbons (Fsp3) is 0.600. The minimum absolute atomic E-state index is 0.624. The van der Waals surface area contributed by atoms with Gasteiger partial charge in [-0.25, -0.2) is 0 Å². The van der Waals surface area contributed by atoms with Crippen LogP contribution < -0.4 is 11.1 Å². The molecule has 0 aromatic heterocycles. The molecule has 0 aliphatic carbocycles. The van der Waals surface area contributed by atoms with E-state index in [1.807, 2.05) is 0 Å². The van der Waals surface area contributed by atoms with E-state index in [0.29, 0.717) is 5.92 Å². The van der Waals surface area contributed by atoms with Crippen LogP contribution in [-0.4, -0.2) is 19.6 Å². The Morgan fingerprint density at radius 1 is 1.06 bits per heavy atom. The van der Waals surface area contributed by atoms with Gasteiger partial charge >= 0.3 is 0 Å². The van der Waals surface area contributed by atoms with Crippen LogP contribution in [-0.2, 0) is 6.42 Å². The molecule has 2 nitrogen and oxygen atoms in total. The van der Waals surface area contributed by atoms with Gasteiger partial charge in [0, 0.05) is 0 Å². The molecule has 2 heteroatoms. The molecule has 0 aliphatic heterocycles. The van der Waals surface area contributed by atoms with Gasteiger partial charge in [0.05, 0.1) is 0 Å². The van der Waals surface area contributed by atoms with Crippen LogP contribution in [0.5, 0.6) is 0 Å². The van der Waals surface area contributed by atoms with Crippen LogP contribution in [0.4, 0.5) is 0 Å². The van der Waals surface area contributed by atoms with Crippen LogP contribution >= 0.6 is 0 Å². The Bertz CT molecular complexity index is 290. The summed E-state index contributed by atoms with van der Waals surface area (Å²) in [5.74, 6) is 0.624. The molecule has 0 spiro atoms. The van der Waals surface area contributed by atoms with Gasteiger partial charge in [0.1, 0.15) is 0 Å². The summed E-state index contributed by atoms with van der Waals surface area (Å²) >= 11 is 0. The highest BCUT2D eigenvalue weighted by Gasteiger charge is 1.98. The molecule has 0 bridgehead atoms. The normalized spacial score (nSPS) is 11.1. The predicted molar refractivity (Wildman–Crippen MR) is 75.4 cm³/mol. The zero-order valence-corrected chi connectivity index (χ0v) is 11.2. The molecule has 0 unspecified atom stereocenters. The minimum Gasteiger partial charge on any atom is -0.330 e. The Kier molecular flexibility index (Phi) is 6.90. The first kappa shape index (κ1) is 14.2. The van der Waals surface area contributed by atoms with Crippen LogP contribution in [0.2, 0.25) is 0 Å². The predicted octanol–water partition coefficient (Wildman–Crippen LogP) is 2.68. The van der Waals surface area contributed by atoms with E-state index < -0.39 is 0 Å². The van der Waals surface area contributed by atoms with E-state index >= 15 is 0 Å². The largest absolute Gasteiger partial charge is 0.330 e. The van der Waals surface area contributed by atoms with Gasteiger partial charge in [-0.05, 0) is 55.9 Å². The molecule has 0 amide bonds. The van der Waals surface area contributed by atoms with Crippen molar-refractivity contribution >= 4 is 0 Å². The van der Waals surface area contributed by atoms with Gasteiger partial charge in [0.2, 0.25) is 0 Å². The molecule has 0 saturated carbocycles. The summed E-state index contributed by atoms with van der Waals surface area (Å²) in [6, 6.07) is 8.98. The lowest BCUT2D eigenvalue weighted by atomic mass is 10.0. The maximum atomic E-state index is 5.45. The number of nitrogens with one attached hydrogen (secondary N) is 1. The lowest BCUT2D eigenvalue weighted by Gasteiger charge is -2.07. The van der Waals surface area contributed by atoms with E-state index in [1.165, 1.54) is 17.5 Å². The minimum atomic E-state index is 0.624. The molecule has 0 atom stereocenters. The van der Waals surface area contributed by atoms with Gasteiger partial charge in [0.25, 0.3) is 0 Å². The van der Waals surface area contributed by atoms with Gasteiger partial charge in [0.15, 0.2) is 0 Å². The molecule has 0 aliphatic rings. The van der Waals surface area contributed by atoms with E-state index in [2.05, 4.69) is 43.4 Å². The molecule has 0 radical (unpaired) electrons. The van der Waals surface area contributed by atoms with E-state index in [0.717, 1.165) is 32.5 Å². The first-order valence-corrected chi connectivity index (χ1v) is 6.73. The highest BCUT2D eigenvalue weighted by atomic mass is 14.8. The molecule has 1 aromatic rings. The summed E-state index contributed by atoms with van der Waals surface area (Å²) in [6.07, 6.45) is 3.42. The van der Waals surface area contributed by atoms with Crippen molar-refractivity contribution in [1.82, 2.24) is 5.32 Å². The SMILES string of the molecule is CC(C)c1ccc(CCNCCCCN)cc1. The van der Waals surface area contributed by atoms with Gasteiger partial charge in [-0.2, -0.15) is 0 Å². The van der Waals surface area contributed by atoms with E-state index in [9.17, 15) is 0 Å². The molecular formula is C15H26N2. The van der Waals surface area contributed by atoms with E-state index in [-0.39, 0.29) is 0 Å². The second kappa shape index (κ2) is 8.26. The summed E-state index contributed by atoms with van der Waals surface area (Å²) in [7, 11) is 0. The Hall–Kier alpha value is -0.860. The molecule has 0 fully saturated rings. The quantitative estimate of drug-likeness (QED) is 0.679. The number of unbranched alkanes of at least 4 members (excludes halogenated alkanes) is 1. The van der Waals surface area contributed by atoms with Gasteiger partial charge < -0.3 is 11.1 Å². The van der Waals surface area contributed by atoms with Crippen LogP contribution in [0.1, 0.15) is 43.7 Å². The highest BCUT2D eigenvalue weighted by Crippen LogP contribution is 2.14. The Labute approximate surface area is 106 Å². The Morgan fingerprint density at radius 3 is 2.35 bits per heavy atom. The van der Waals surface area contributed by atoms with Crippen LogP contribution in [0.3, 0.4) is 0 Å². The molecule has 0 saturated heterocycles.